The molecule has 0 bridgehead atoms. The fraction of sp³-hybridized carbons (Fsp3) is 0.692. The van der Waals surface area contributed by atoms with Crippen molar-refractivity contribution in [2.45, 2.75) is 57.7 Å². The quantitative estimate of drug-likeness (QED) is 0.862. The van der Waals surface area contributed by atoms with Crippen molar-refractivity contribution in [1.82, 2.24) is 20.1 Å². The van der Waals surface area contributed by atoms with Crippen molar-refractivity contribution in [3.05, 3.63) is 12.2 Å². The van der Waals surface area contributed by atoms with Crippen LogP contribution in [0.15, 0.2) is 6.33 Å². The number of carboxylic acids is 1. The number of carbonyl (C=O) groups excluding carboxylic acids is 1. The van der Waals surface area contributed by atoms with Crippen molar-refractivity contribution < 1.29 is 19.4 Å². The van der Waals surface area contributed by atoms with Crippen LogP contribution in [0.3, 0.4) is 0 Å². The number of carbonyl (C=O) groups is 2. The van der Waals surface area contributed by atoms with Crippen molar-refractivity contribution in [3.63, 3.8) is 0 Å². The van der Waals surface area contributed by atoms with Crippen molar-refractivity contribution in [2.24, 2.45) is 0 Å². The van der Waals surface area contributed by atoms with E-state index in [1.54, 1.807) is 27.1 Å². The van der Waals surface area contributed by atoms with E-state index in [9.17, 15) is 14.7 Å². The third-order valence-electron chi connectivity index (χ3n) is 3.24. The maximum absolute atomic E-state index is 11.7. The highest BCUT2D eigenvalue weighted by Crippen LogP contribution is 2.29. The minimum atomic E-state index is -1.08. The molecule has 2 unspecified atom stereocenters. The summed E-state index contributed by atoms with van der Waals surface area (Å²) in [7, 11) is 0. The summed E-state index contributed by atoms with van der Waals surface area (Å²) >= 11 is 0. The van der Waals surface area contributed by atoms with Gasteiger partial charge >= 0.3 is 12.1 Å². The first-order valence-corrected chi connectivity index (χ1v) is 6.86. The molecule has 1 aromatic heterocycles. The van der Waals surface area contributed by atoms with Crippen molar-refractivity contribution in [1.29, 1.82) is 0 Å². The van der Waals surface area contributed by atoms with Crippen molar-refractivity contribution in [2.75, 3.05) is 0 Å². The summed E-state index contributed by atoms with van der Waals surface area (Å²) in [6, 6.07) is -1.01. The van der Waals surface area contributed by atoms with Gasteiger partial charge in [-0.2, -0.15) is 0 Å². The largest absolute Gasteiger partial charge is 0.480 e. The molecule has 116 valence electrons. The fourth-order valence-corrected chi connectivity index (χ4v) is 2.36. The van der Waals surface area contributed by atoms with Crippen LogP contribution in [0.25, 0.3) is 0 Å². The lowest BCUT2D eigenvalue weighted by molar-refractivity contribution is -0.139. The maximum atomic E-state index is 11.7. The molecule has 1 amide bonds. The first-order valence-electron chi connectivity index (χ1n) is 6.86. The van der Waals surface area contributed by atoms with E-state index in [0.717, 1.165) is 18.8 Å². The molecule has 1 aliphatic rings. The Morgan fingerprint density at radius 3 is 2.90 bits per heavy atom. The molecule has 2 heterocycles. The Morgan fingerprint density at radius 2 is 2.29 bits per heavy atom. The Kier molecular flexibility index (Phi) is 4.15. The molecule has 1 aromatic rings. The highest BCUT2D eigenvalue weighted by atomic mass is 16.6. The topological polar surface area (TPSA) is 106 Å². The number of carboxylic acid groups (broad SMARTS) is 1. The standard InChI is InChI=1S/C13H20N4O4/c1-13(2,3)21-12(20)15-9(11(18)19)6-8-4-5-17-7-14-16-10(8)17/h7-9H,4-6H2,1-3H3,(H,15,20)(H,18,19). The molecule has 0 fully saturated rings. The zero-order valence-corrected chi connectivity index (χ0v) is 12.4. The van der Waals surface area contributed by atoms with Gasteiger partial charge in [0.15, 0.2) is 0 Å². The van der Waals surface area contributed by atoms with Crippen LogP contribution in [0.5, 0.6) is 0 Å². The van der Waals surface area contributed by atoms with E-state index in [1.807, 2.05) is 4.57 Å². The number of aliphatic carboxylic acids is 1. The molecule has 1 aliphatic heterocycles. The van der Waals surface area contributed by atoms with Gasteiger partial charge in [0.05, 0.1) is 0 Å². The summed E-state index contributed by atoms with van der Waals surface area (Å²) in [6.45, 7) is 5.94. The van der Waals surface area contributed by atoms with E-state index in [0.29, 0.717) is 0 Å². The number of amides is 1. The number of alkyl carbamates (subject to hydrolysis) is 1. The van der Waals surface area contributed by atoms with Crippen LogP contribution in [0.4, 0.5) is 4.79 Å². The van der Waals surface area contributed by atoms with Gasteiger partial charge in [0.2, 0.25) is 0 Å². The monoisotopic (exact) mass is 296 g/mol. The number of nitrogens with one attached hydrogen (secondary N) is 1. The van der Waals surface area contributed by atoms with E-state index < -0.39 is 23.7 Å². The van der Waals surface area contributed by atoms with Crippen LogP contribution in [0.2, 0.25) is 0 Å². The molecule has 0 radical (unpaired) electrons. The summed E-state index contributed by atoms with van der Waals surface area (Å²) in [6.07, 6.45) is 1.97. The second-order valence-electron chi connectivity index (χ2n) is 6.14. The number of ether oxygens (including phenoxy) is 1. The number of aryl methyl sites for hydroxylation is 1. The van der Waals surface area contributed by atoms with Gasteiger partial charge in [-0.15, -0.1) is 10.2 Å². The molecule has 0 aromatic carbocycles. The van der Waals surface area contributed by atoms with Crippen LogP contribution < -0.4 is 5.32 Å². The van der Waals surface area contributed by atoms with Crippen LogP contribution in [-0.2, 0) is 16.1 Å². The minimum absolute atomic E-state index is 0.0245. The van der Waals surface area contributed by atoms with Gasteiger partial charge in [-0.05, 0) is 33.6 Å². The smallest absolute Gasteiger partial charge is 0.408 e. The third kappa shape index (κ3) is 3.93. The zero-order valence-electron chi connectivity index (χ0n) is 12.4. The first kappa shape index (κ1) is 15.3. The number of hydrogen-bond donors (Lipinski definition) is 2. The molecular formula is C13H20N4O4. The Morgan fingerprint density at radius 1 is 1.57 bits per heavy atom. The number of rotatable bonds is 4. The summed E-state index contributed by atoms with van der Waals surface area (Å²) in [5.41, 5.74) is -0.666. The van der Waals surface area contributed by atoms with Gasteiger partial charge in [-0.1, -0.05) is 0 Å². The molecule has 0 aliphatic carbocycles. The molecule has 2 rings (SSSR count). The highest BCUT2D eigenvalue weighted by molar-refractivity contribution is 5.80. The van der Waals surface area contributed by atoms with Gasteiger partial charge in [0.25, 0.3) is 0 Å². The van der Waals surface area contributed by atoms with Crippen molar-refractivity contribution >= 4 is 12.1 Å². The lowest BCUT2D eigenvalue weighted by atomic mass is 9.98. The number of aromatic nitrogens is 3. The van der Waals surface area contributed by atoms with E-state index in [-0.39, 0.29) is 12.3 Å². The molecular weight excluding hydrogens is 276 g/mol. The van der Waals surface area contributed by atoms with Gasteiger partial charge in [-0.25, -0.2) is 9.59 Å². The van der Waals surface area contributed by atoms with E-state index in [2.05, 4.69) is 15.5 Å². The maximum Gasteiger partial charge on any atom is 0.408 e. The van der Waals surface area contributed by atoms with Crippen LogP contribution >= 0.6 is 0 Å². The first-order chi connectivity index (χ1) is 9.76. The molecule has 8 nitrogen and oxygen atoms in total. The number of nitrogens with zero attached hydrogens (tertiary/aromatic N) is 3. The summed E-state index contributed by atoms with van der Waals surface area (Å²) in [5.74, 6) is -0.338. The van der Waals surface area contributed by atoms with Crippen LogP contribution in [-0.4, -0.2) is 43.6 Å². The fourth-order valence-electron chi connectivity index (χ4n) is 2.36. The average molecular weight is 296 g/mol. The second kappa shape index (κ2) is 5.71. The molecule has 0 saturated carbocycles. The zero-order chi connectivity index (χ0) is 15.6. The van der Waals surface area contributed by atoms with Gasteiger partial charge < -0.3 is 19.7 Å². The van der Waals surface area contributed by atoms with Gasteiger partial charge in [0, 0.05) is 12.5 Å². The number of fused-ring (bicyclic) bond motifs is 1. The summed E-state index contributed by atoms with van der Waals surface area (Å²) in [5, 5.41) is 19.5. The van der Waals surface area contributed by atoms with Crippen molar-refractivity contribution in [3.8, 4) is 0 Å². The third-order valence-corrected chi connectivity index (χ3v) is 3.24. The Hall–Kier alpha value is -2.12. The van der Waals surface area contributed by atoms with E-state index in [4.69, 9.17) is 4.74 Å². The lowest BCUT2D eigenvalue weighted by Crippen LogP contribution is -2.44. The average Bonchev–Trinajstić information content (AvgIpc) is 2.89. The molecule has 2 atom stereocenters. The molecule has 0 spiro atoms. The van der Waals surface area contributed by atoms with Crippen LogP contribution in [0.1, 0.15) is 45.4 Å². The SMILES string of the molecule is CC(C)(C)OC(=O)NC(CC1CCn2cnnc21)C(=O)O. The highest BCUT2D eigenvalue weighted by Gasteiger charge is 2.32. The molecule has 21 heavy (non-hydrogen) atoms. The normalized spacial score (nSPS) is 18.9. The molecule has 0 saturated heterocycles. The Bertz CT molecular complexity index is 535. The van der Waals surface area contributed by atoms with Gasteiger partial charge in [-0.3, -0.25) is 0 Å². The van der Waals surface area contributed by atoms with Gasteiger partial charge in [0.1, 0.15) is 23.8 Å². The predicted octanol–water partition coefficient (Wildman–Crippen LogP) is 1.13. The lowest BCUT2D eigenvalue weighted by Gasteiger charge is -2.22. The second-order valence-corrected chi connectivity index (χ2v) is 6.14. The Balaban J connectivity index is 1.98. The van der Waals surface area contributed by atoms with E-state index in [1.165, 1.54) is 0 Å². The minimum Gasteiger partial charge on any atom is -0.480 e. The predicted molar refractivity (Wildman–Crippen MR) is 72.8 cm³/mol. The molecule has 8 heteroatoms. The number of hydrogen-bond acceptors (Lipinski definition) is 5. The molecule has 2 N–H and O–H groups in total. The van der Waals surface area contributed by atoms with E-state index >= 15 is 0 Å². The van der Waals surface area contributed by atoms with Crippen LogP contribution in [0, 0.1) is 0 Å². The Labute approximate surface area is 122 Å². The summed E-state index contributed by atoms with van der Waals surface area (Å²) in [4.78, 5) is 23.0. The summed E-state index contributed by atoms with van der Waals surface area (Å²) < 4.78 is 6.99.